The van der Waals surface area contributed by atoms with Gasteiger partial charge in [-0.15, -0.1) is 0 Å². The molecule has 0 aromatic heterocycles. The van der Waals surface area contributed by atoms with E-state index in [9.17, 15) is 22.4 Å². The van der Waals surface area contributed by atoms with Crippen LogP contribution in [0.15, 0.2) is 18.2 Å². The zero-order chi connectivity index (χ0) is 14.9. The lowest BCUT2D eigenvalue weighted by atomic mass is 10.0. The summed E-state index contributed by atoms with van der Waals surface area (Å²) in [7, 11) is 0. The van der Waals surface area contributed by atoms with Gasteiger partial charge in [0.1, 0.15) is 5.82 Å². The molecule has 1 aromatic rings. The van der Waals surface area contributed by atoms with Crippen LogP contribution in [0, 0.1) is 5.82 Å². The molecule has 2 rings (SSSR count). The van der Waals surface area contributed by atoms with E-state index in [2.05, 4.69) is 0 Å². The van der Waals surface area contributed by atoms with Crippen LogP contribution in [0.3, 0.4) is 0 Å². The van der Waals surface area contributed by atoms with Gasteiger partial charge in [-0.3, -0.25) is 4.79 Å². The van der Waals surface area contributed by atoms with Gasteiger partial charge in [0.25, 0.3) is 5.91 Å². The number of rotatable bonds is 1. The Balaban J connectivity index is 2.29. The average Bonchev–Trinajstić information content (AvgIpc) is 2.37. The minimum Gasteiger partial charge on any atom is -0.337 e. The third kappa shape index (κ3) is 3.09. The zero-order valence-electron chi connectivity index (χ0n) is 10.6. The normalized spacial score (nSPS) is 20.1. The van der Waals surface area contributed by atoms with E-state index in [1.165, 1.54) is 4.90 Å². The van der Waals surface area contributed by atoms with Gasteiger partial charge < -0.3 is 10.6 Å². The van der Waals surface area contributed by atoms with E-state index < -0.39 is 29.0 Å². The largest absolute Gasteiger partial charge is 0.416 e. The molecular formula is C13H14F4N2O. The minimum atomic E-state index is -4.61. The van der Waals surface area contributed by atoms with Gasteiger partial charge in [0.15, 0.2) is 0 Å². The fourth-order valence-corrected chi connectivity index (χ4v) is 2.23. The molecule has 0 aliphatic carbocycles. The second kappa shape index (κ2) is 5.40. The molecule has 110 valence electrons. The van der Waals surface area contributed by atoms with Crippen LogP contribution < -0.4 is 5.73 Å². The summed E-state index contributed by atoms with van der Waals surface area (Å²) in [6, 6.07) is 1.62. The van der Waals surface area contributed by atoms with Gasteiger partial charge >= 0.3 is 6.18 Å². The Kier molecular flexibility index (Phi) is 3.99. The standard InChI is InChI=1S/C13H14F4N2O/c14-11-4-3-8(13(15,16)17)6-10(11)12(20)19-5-1-2-9(18)7-19/h3-4,6,9H,1-2,5,7,18H2/t9-/m0/s1. The van der Waals surface area contributed by atoms with Crippen LogP contribution in [-0.2, 0) is 6.18 Å². The summed E-state index contributed by atoms with van der Waals surface area (Å²) < 4.78 is 51.4. The number of likely N-dealkylation sites (tertiary alicyclic amines) is 1. The first-order valence-corrected chi connectivity index (χ1v) is 6.20. The molecule has 0 unspecified atom stereocenters. The quantitative estimate of drug-likeness (QED) is 0.807. The van der Waals surface area contributed by atoms with Crippen molar-refractivity contribution >= 4 is 5.91 Å². The molecule has 0 radical (unpaired) electrons. The predicted octanol–water partition coefficient (Wildman–Crippen LogP) is 2.41. The molecule has 3 nitrogen and oxygen atoms in total. The second-order valence-corrected chi connectivity index (χ2v) is 4.85. The molecular weight excluding hydrogens is 276 g/mol. The highest BCUT2D eigenvalue weighted by Crippen LogP contribution is 2.30. The van der Waals surface area contributed by atoms with Crippen LogP contribution in [0.2, 0.25) is 0 Å². The lowest BCUT2D eigenvalue weighted by Gasteiger charge is -2.31. The van der Waals surface area contributed by atoms with E-state index in [4.69, 9.17) is 5.73 Å². The number of piperidine rings is 1. The Hall–Kier alpha value is -1.63. The number of alkyl halides is 3. The van der Waals surface area contributed by atoms with Gasteiger partial charge in [-0.25, -0.2) is 4.39 Å². The van der Waals surface area contributed by atoms with E-state index in [0.717, 1.165) is 6.42 Å². The second-order valence-electron chi connectivity index (χ2n) is 4.85. The van der Waals surface area contributed by atoms with E-state index in [1.54, 1.807) is 0 Å². The Morgan fingerprint density at radius 3 is 2.65 bits per heavy atom. The highest BCUT2D eigenvalue weighted by molar-refractivity contribution is 5.94. The molecule has 0 saturated carbocycles. The molecule has 7 heteroatoms. The summed E-state index contributed by atoms with van der Waals surface area (Å²) in [6.45, 7) is 0.608. The zero-order valence-corrected chi connectivity index (χ0v) is 10.6. The van der Waals surface area contributed by atoms with Crippen molar-refractivity contribution in [3.63, 3.8) is 0 Å². The van der Waals surface area contributed by atoms with Crippen molar-refractivity contribution in [2.24, 2.45) is 5.73 Å². The van der Waals surface area contributed by atoms with Gasteiger partial charge in [-0.2, -0.15) is 13.2 Å². The summed E-state index contributed by atoms with van der Waals surface area (Å²) >= 11 is 0. The first-order chi connectivity index (χ1) is 9.29. The topological polar surface area (TPSA) is 46.3 Å². The molecule has 0 bridgehead atoms. The molecule has 2 N–H and O–H groups in total. The number of halogens is 4. The summed E-state index contributed by atoms with van der Waals surface area (Å²) in [5.41, 5.74) is 4.11. The van der Waals surface area contributed by atoms with Crippen molar-refractivity contribution in [3.05, 3.63) is 35.1 Å². The summed E-state index contributed by atoms with van der Waals surface area (Å²) in [6.07, 6.45) is -3.20. The van der Waals surface area contributed by atoms with Crippen LogP contribution >= 0.6 is 0 Å². The maximum absolute atomic E-state index is 13.6. The number of hydrogen-bond donors (Lipinski definition) is 1. The monoisotopic (exact) mass is 290 g/mol. The van der Waals surface area contributed by atoms with Gasteiger partial charge in [0, 0.05) is 19.1 Å². The third-order valence-electron chi connectivity index (χ3n) is 3.27. The molecule has 1 aliphatic heterocycles. The molecule has 1 aliphatic rings. The maximum atomic E-state index is 13.6. The van der Waals surface area contributed by atoms with E-state index >= 15 is 0 Å². The number of carbonyl (C=O) groups is 1. The smallest absolute Gasteiger partial charge is 0.337 e. The summed E-state index contributed by atoms with van der Waals surface area (Å²) in [5.74, 6) is -1.70. The Bertz CT molecular complexity index is 516. The first-order valence-electron chi connectivity index (χ1n) is 6.20. The maximum Gasteiger partial charge on any atom is 0.416 e. The van der Waals surface area contributed by atoms with Crippen molar-refractivity contribution in [2.45, 2.75) is 25.1 Å². The van der Waals surface area contributed by atoms with Gasteiger partial charge in [0.2, 0.25) is 0 Å². The predicted molar refractivity (Wildman–Crippen MR) is 64.5 cm³/mol. The molecule has 1 heterocycles. The van der Waals surface area contributed by atoms with Crippen LogP contribution in [0.4, 0.5) is 17.6 Å². The number of benzene rings is 1. The molecule has 1 amide bonds. The molecule has 1 atom stereocenters. The van der Waals surface area contributed by atoms with E-state index in [0.29, 0.717) is 31.2 Å². The van der Waals surface area contributed by atoms with Gasteiger partial charge in [0.05, 0.1) is 11.1 Å². The number of nitrogens with zero attached hydrogens (tertiary/aromatic N) is 1. The van der Waals surface area contributed by atoms with Gasteiger partial charge in [-0.1, -0.05) is 0 Å². The van der Waals surface area contributed by atoms with Crippen molar-refractivity contribution in [1.29, 1.82) is 0 Å². The molecule has 20 heavy (non-hydrogen) atoms. The Morgan fingerprint density at radius 2 is 2.05 bits per heavy atom. The van der Waals surface area contributed by atoms with Crippen molar-refractivity contribution in [3.8, 4) is 0 Å². The van der Waals surface area contributed by atoms with Crippen molar-refractivity contribution in [1.82, 2.24) is 4.90 Å². The summed E-state index contributed by atoms with van der Waals surface area (Å²) in [4.78, 5) is 13.4. The molecule has 1 aromatic carbocycles. The first kappa shape index (κ1) is 14.8. The molecule has 1 saturated heterocycles. The average molecular weight is 290 g/mol. The van der Waals surface area contributed by atoms with Crippen LogP contribution in [-0.4, -0.2) is 29.9 Å². The Morgan fingerprint density at radius 1 is 1.35 bits per heavy atom. The highest BCUT2D eigenvalue weighted by atomic mass is 19.4. The van der Waals surface area contributed by atoms with E-state index in [-0.39, 0.29) is 12.6 Å². The number of nitrogens with two attached hydrogens (primary N) is 1. The number of hydrogen-bond acceptors (Lipinski definition) is 2. The fourth-order valence-electron chi connectivity index (χ4n) is 2.23. The molecule has 1 fully saturated rings. The van der Waals surface area contributed by atoms with Crippen molar-refractivity contribution < 1.29 is 22.4 Å². The van der Waals surface area contributed by atoms with E-state index in [1.807, 2.05) is 0 Å². The van der Waals surface area contributed by atoms with Gasteiger partial charge in [-0.05, 0) is 31.0 Å². The Labute approximate surface area is 113 Å². The van der Waals surface area contributed by atoms with Crippen LogP contribution in [0.5, 0.6) is 0 Å². The molecule has 0 spiro atoms. The third-order valence-corrected chi connectivity index (χ3v) is 3.27. The van der Waals surface area contributed by atoms with Crippen molar-refractivity contribution in [2.75, 3.05) is 13.1 Å². The lowest BCUT2D eigenvalue weighted by molar-refractivity contribution is -0.137. The lowest BCUT2D eigenvalue weighted by Crippen LogP contribution is -2.46. The summed E-state index contributed by atoms with van der Waals surface area (Å²) in [5, 5.41) is 0. The van der Waals surface area contributed by atoms with Crippen LogP contribution in [0.25, 0.3) is 0 Å². The SMILES string of the molecule is N[C@H]1CCCN(C(=O)c2cc(C(F)(F)F)ccc2F)C1. The number of amides is 1. The van der Waals surface area contributed by atoms with Crippen LogP contribution in [0.1, 0.15) is 28.8 Å². The fraction of sp³-hybridized carbons (Fsp3) is 0.462. The minimum absolute atomic E-state index is 0.221. The highest BCUT2D eigenvalue weighted by Gasteiger charge is 2.33. The number of carbonyl (C=O) groups excluding carboxylic acids is 1.